The molecule has 0 heterocycles. The molecule has 3 aromatic rings. The molecule has 3 rings (SSSR count). The van der Waals surface area contributed by atoms with Crippen molar-refractivity contribution in [3.8, 4) is 17.2 Å². The molecule has 0 saturated carbocycles. The van der Waals surface area contributed by atoms with Crippen LogP contribution in [-0.4, -0.2) is 34.2 Å². The molecule has 0 atom stereocenters. The SMILES string of the molecule is CN(c1ccc(OCC(=O)Nc2cc(Cl)ccc2Oc2ccccc2)cc1)S(C)(=O)=O. The Kier molecular flexibility index (Phi) is 7.04. The molecule has 0 fully saturated rings. The lowest BCUT2D eigenvalue weighted by molar-refractivity contribution is -0.118. The lowest BCUT2D eigenvalue weighted by Gasteiger charge is -2.17. The van der Waals surface area contributed by atoms with Crippen LogP contribution in [-0.2, 0) is 14.8 Å². The van der Waals surface area contributed by atoms with E-state index in [4.69, 9.17) is 21.1 Å². The van der Waals surface area contributed by atoms with E-state index in [1.165, 1.54) is 7.05 Å². The summed E-state index contributed by atoms with van der Waals surface area (Å²) >= 11 is 6.06. The minimum atomic E-state index is -3.35. The van der Waals surface area contributed by atoms with Gasteiger partial charge in [-0.15, -0.1) is 0 Å². The first-order valence-corrected chi connectivity index (χ1v) is 11.4. The van der Waals surface area contributed by atoms with Crippen LogP contribution in [0.2, 0.25) is 5.02 Å². The number of hydrogen-bond donors (Lipinski definition) is 1. The topological polar surface area (TPSA) is 84.9 Å². The molecule has 3 aromatic carbocycles. The fourth-order valence-electron chi connectivity index (χ4n) is 2.58. The predicted molar refractivity (Wildman–Crippen MR) is 122 cm³/mol. The van der Waals surface area contributed by atoms with E-state index in [1.54, 1.807) is 54.6 Å². The zero-order chi connectivity index (χ0) is 22.4. The second kappa shape index (κ2) is 9.72. The molecule has 0 aliphatic heterocycles. The average molecular weight is 461 g/mol. The Labute approximate surface area is 186 Å². The maximum Gasteiger partial charge on any atom is 0.262 e. The normalized spacial score (nSPS) is 10.9. The van der Waals surface area contributed by atoms with E-state index < -0.39 is 15.9 Å². The first-order valence-electron chi connectivity index (χ1n) is 9.21. The highest BCUT2D eigenvalue weighted by Crippen LogP contribution is 2.32. The minimum absolute atomic E-state index is 0.251. The van der Waals surface area contributed by atoms with E-state index in [1.807, 2.05) is 18.2 Å². The summed E-state index contributed by atoms with van der Waals surface area (Å²) in [7, 11) is -1.90. The summed E-state index contributed by atoms with van der Waals surface area (Å²) in [6, 6.07) is 20.5. The number of amides is 1. The van der Waals surface area contributed by atoms with Gasteiger partial charge < -0.3 is 14.8 Å². The molecule has 1 amide bonds. The number of ether oxygens (including phenoxy) is 2. The van der Waals surface area contributed by atoms with Gasteiger partial charge >= 0.3 is 0 Å². The molecule has 0 saturated heterocycles. The Bertz CT molecular complexity index is 1150. The number of carbonyl (C=O) groups is 1. The molecule has 0 unspecified atom stereocenters. The van der Waals surface area contributed by atoms with E-state index in [0.29, 0.717) is 33.6 Å². The molecule has 0 aliphatic carbocycles. The van der Waals surface area contributed by atoms with E-state index >= 15 is 0 Å². The summed E-state index contributed by atoms with van der Waals surface area (Å²) in [5.41, 5.74) is 0.899. The van der Waals surface area contributed by atoms with Crippen LogP contribution in [0, 0.1) is 0 Å². The van der Waals surface area contributed by atoms with Gasteiger partial charge in [-0.05, 0) is 54.6 Å². The van der Waals surface area contributed by atoms with Gasteiger partial charge in [0.25, 0.3) is 5.91 Å². The fourth-order valence-corrected chi connectivity index (χ4v) is 3.26. The number of carbonyl (C=O) groups excluding carboxylic acids is 1. The molecule has 9 heteroatoms. The Balaban J connectivity index is 1.63. The number of rotatable bonds is 8. The summed E-state index contributed by atoms with van der Waals surface area (Å²) in [4.78, 5) is 12.4. The van der Waals surface area contributed by atoms with Crippen molar-refractivity contribution in [1.29, 1.82) is 0 Å². The molecule has 0 aliphatic rings. The van der Waals surface area contributed by atoms with Crippen molar-refractivity contribution >= 4 is 38.9 Å². The second-order valence-electron chi connectivity index (χ2n) is 6.62. The Hall–Kier alpha value is -3.23. The fraction of sp³-hybridized carbons (Fsp3) is 0.136. The van der Waals surface area contributed by atoms with Gasteiger partial charge in [-0.3, -0.25) is 9.10 Å². The molecule has 162 valence electrons. The third-order valence-corrected chi connectivity index (χ3v) is 5.70. The molecule has 0 radical (unpaired) electrons. The van der Waals surface area contributed by atoms with Gasteiger partial charge in [0.15, 0.2) is 12.4 Å². The highest BCUT2D eigenvalue weighted by Gasteiger charge is 2.13. The number of halogens is 1. The summed E-state index contributed by atoms with van der Waals surface area (Å²) in [5.74, 6) is 1.08. The molecule has 0 bridgehead atoms. The van der Waals surface area contributed by atoms with Crippen molar-refractivity contribution in [1.82, 2.24) is 0 Å². The summed E-state index contributed by atoms with van der Waals surface area (Å²) in [6.07, 6.45) is 1.12. The minimum Gasteiger partial charge on any atom is -0.484 e. The van der Waals surface area contributed by atoms with Crippen LogP contribution in [0.5, 0.6) is 17.2 Å². The van der Waals surface area contributed by atoms with Gasteiger partial charge in [-0.2, -0.15) is 0 Å². The number of anilines is 2. The first kappa shape index (κ1) is 22.5. The van der Waals surface area contributed by atoms with Gasteiger partial charge in [0.2, 0.25) is 10.0 Å². The quantitative estimate of drug-likeness (QED) is 0.533. The molecule has 31 heavy (non-hydrogen) atoms. The second-order valence-corrected chi connectivity index (χ2v) is 9.07. The molecular weight excluding hydrogens is 440 g/mol. The van der Waals surface area contributed by atoms with Crippen LogP contribution in [0.3, 0.4) is 0 Å². The van der Waals surface area contributed by atoms with Crippen LogP contribution in [0.4, 0.5) is 11.4 Å². The number of benzene rings is 3. The molecular formula is C22H21ClN2O5S. The van der Waals surface area contributed by atoms with Crippen LogP contribution >= 0.6 is 11.6 Å². The Morgan fingerprint density at radius 2 is 1.68 bits per heavy atom. The number of para-hydroxylation sites is 1. The van der Waals surface area contributed by atoms with Gasteiger partial charge in [0, 0.05) is 12.1 Å². The van der Waals surface area contributed by atoms with Crippen molar-refractivity contribution in [2.24, 2.45) is 0 Å². The van der Waals surface area contributed by atoms with Crippen LogP contribution in [0.25, 0.3) is 0 Å². The standard InChI is InChI=1S/C22H21ClN2O5S/c1-25(31(2,27)28)17-9-11-18(12-10-17)29-15-22(26)24-20-14-16(23)8-13-21(20)30-19-6-4-3-5-7-19/h3-14H,15H2,1-2H3,(H,24,26). The van der Waals surface area contributed by atoms with Gasteiger partial charge in [-0.1, -0.05) is 29.8 Å². The van der Waals surface area contributed by atoms with Crippen molar-refractivity contribution in [2.45, 2.75) is 0 Å². The first-order chi connectivity index (χ1) is 14.7. The lowest BCUT2D eigenvalue weighted by Crippen LogP contribution is -2.24. The number of sulfonamides is 1. The zero-order valence-electron chi connectivity index (χ0n) is 16.9. The third kappa shape index (κ3) is 6.37. The summed E-state index contributed by atoms with van der Waals surface area (Å²) < 4.78 is 35.7. The molecule has 7 nitrogen and oxygen atoms in total. The number of nitrogens with one attached hydrogen (secondary N) is 1. The zero-order valence-corrected chi connectivity index (χ0v) is 18.5. The van der Waals surface area contributed by atoms with E-state index in [2.05, 4.69) is 5.32 Å². The third-order valence-electron chi connectivity index (χ3n) is 4.25. The number of nitrogens with zero attached hydrogens (tertiary/aromatic N) is 1. The van der Waals surface area contributed by atoms with E-state index in [9.17, 15) is 13.2 Å². The van der Waals surface area contributed by atoms with Crippen molar-refractivity contribution in [3.63, 3.8) is 0 Å². The summed E-state index contributed by atoms with van der Waals surface area (Å²) in [5, 5.41) is 3.18. The molecule has 1 N–H and O–H groups in total. The molecule has 0 aromatic heterocycles. The monoisotopic (exact) mass is 460 g/mol. The van der Waals surface area contributed by atoms with E-state index in [0.717, 1.165) is 10.6 Å². The van der Waals surface area contributed by atoms with E-state index in [-0.39, 0.29) is 6.61 Å². The smallest absolute Gasteiger partial charge is 0.262 e. The maximum atomic E-state index is 12.4. The highest BCUT2D eigenvalue weighted by atomic mass is 35.5. The molecule has 0 spiro atoms. The van der Waals surface area contributed by atoms with Crippen LogP contribution in [0.15, 0.2) is 72.8 Å². The lowest BCUT2D eigenvalue weighted by atomic mass is 10.2. The maximum absolute atomic E-state index is 12.4. The number of hydrogen-bond acceptors (Lipinski definition) is 5. The summed E-state index contributed by atoms with van der Waals surface area (Å²) in [6.45, 7) is -0.251. The van der Waals surface area contributed by atoms with Crippen molar-refractivity contribution < 1.29 is 22.7 Å². The van der Waals surface area contributed by atoms with Gasteiger partial charge in [0.1, 0.15) is 11.5 Å². The van der Waals surface area contributed by atoms with Crippen LogP contribution in [0.1, 0.15) is 0 Å². The average Bonchev–Trinajstić information content (AvgIpc) is 2.74. The highest BCUT2D eigenvalue weighted by molar-refractivity contribution is 7.92. The van der Waals surface area contributed by atoms with Gasteiger partial charge in [-0.25, -0.2) is 8.42 Å². The predicted octanol–water partition coefficient (Wildman–Crippen LogP) is 4.55. The van der Waals surface area contributed by atoms with Crippen LogP contribution < -0.4 is 19.1 Å². The van der Waals surface area contributed by atoms with Gasteiger partial charge in [0.05, 0.1) is 17.6 Å². The Morgan fingerprint density at radius 1 is 1.00 bits per heavy atom. The Morgan fingerprint density at radius 3 is 2.32 bits per heavy atom. The van der Waals surface area contributed by atoms with Crippen molar-refractivity contribution in [2.75, 3.05) is 29.5 Å². The van der Waals surface area contributed by atoms with Crippen molar-refractivity contribution in [3.05, 3.63) is 77.8 Å². The largest absolute Gasteiger partial charge is 0.484 e.